The van der Waals surface area contributed by atoms with Crippen molar-refractivity contribution < 1.29 is 0 Å². The minimum atomic E-state index is 0.00779. The molecule has 1 atom stereocenters. The number of nitrogens with zero attached hydrogens (tertiary/aromatic N) is 2. The van der Waals surface area contributed by atoms with Gasteiger partial charge in [-0.2, -0.15) is 5.10 Å². The fourth-order valence-electron chi connectivity index (χ4n) is 2.47. The molecule has 0 saturated heterocycles. The highest BCUT2D eigenvalue weighted by Gasteiger charge is 2.30. The molecule has 0 fully saturated rings. The maximum atomic E-state index is 5.96. The summed E-state index contributed by atoms with van der Waals surface area (Å²) in [7, 11) is 0. The van der Waals surface area contributed by atoms with Gasteiger partial charge in [0.05, 0.1) is 11.8 Å². The molecular formula is C16H13BrClN3S. The van der Waals surface area contributed by atoms with E-state index < -0.39 is 0 Å². The molecule has 112 valence electrons. The molecule has 1 aliphatic heterocycles. The van der Waals surface area contributed by atoms with Gasteiger partial charge in [0.15, 0.2) is 5.11 Å². The van der Waals surface area contributed by atoms with Crippen molar-refractivity contribution in [2.45, 2.75) is 12.5 Å². The Bertz CT molecular complexity index is 728. The van der Waals surface area contributed by atoms with Crippen molar-refractivity contribution in [2.24, 2.45) is 10.8 Å². The third-order valence-electron chi connectivity index (χ3n) is 3.57. The lowest BCUT2D eigenvalue weighted by Gasteiger charge is -2.21. The summed E-state index contributed by atoms with van der Waals surface area (Å²) < 4.78 is 1.04. The van der Waals surface area contributed by atoms with Crippen LogP contribution in [0.5, 0.6) is 0 Å². The highest BCUT2D eigenvalue weighted by Crippen LogP contribution is 2.33. The van der Waals surface area contributed by atoms with Gasteiger partial charge in [0.2, 0.25) is 0 Å². The van der Waals surface area contributed by atoms with Crippen LogP contribution in [0.1, 0.15) is 23.6 Å². The van der Waals surface area contributed by atoms with E-state index in [1.807, 2.05) is 48.5 Å². The van der Waals surface area contributed by atoms with Crippen LogP contribution in [0, 0.1) is 0 Å². The first kappa shape index (κ1) is 15.5. The minimum Gasteiger partial charge on any atom is -0.375 e. The van der Waals surface area contributed by atoms with Crippen LogP contribution in [0.3, 0.4) is 0 Å². The number of thiocarbonyl (C=S) groups is 1. The average molecular weight is 395 g/mol. The zero-order valence-electron chi connectivity index (χ0n) is 11.5. The normalized spacial score (nSPS) is 17.5. The number of halogens is 2. The van der Waals surface area contributed by atoms with Crippen molar-refractivity contribution in [1.29, 1.82) is 0 Å². The Balaban J connectivity index is 1.92. The van der Waals surface area contributed by atoms with Crippen molar-refractivity contribution in [3.05, 3.63) is 69.2 Å². The molecule has 0 spiro atoms. The molecule has 3 rings (SSSR count). The van der Waals surface area contributed by atoms with E-state index >= 15 is 0 Å². The summed E-state index contributed by atoms with van der Waals surface area (Å²) >= 11 is 14.5. The van der Waals surface area contributed by atoms with Crippen LogP contribution in [0.2, 0.25) is 5.02 Å². The SMILES string of the molecule is NC(=S)N1N=C(c2ccc(Br)cc2)CC1c1ccc(Cl)cc1. The monoisotopic (exact) mass is 393 g/mol. The Hall–Kier alpha value is -1.43. The number of rotatable bonds is 2. The predicted octanol–water partition coefficient (Wildman–Crippen LogP) is 4.50. The standard InChI is InChI=1S/C16H13BrClN3S/c17-12-5-1-10(2-6-12)14-9-15(21(20-14)16(19)22)11-3-7-13(18)8-4-11/h1-8,15H,9H2,(H2,19,22). The second kappa shape index (κ2) is 6.36. The molecule has 2 aromatic carbocycles. The molecule has 0 aromatic heterocycles. The lowest BCUT2D eigenvalue weighted by atomic mass is 9.99. The molecular weight excluding hydrogens is 382 g/mol. The van der Waals surface area contributed by atoms with Gasteiger partial charge in [-0.15, -0.1) is 0 Å². The molecule has 1 aliphatic rings. The van der Waals surface area contributed by atoms with Gasteiger partial charge in [0.1, 0.15) is 0 Å². The highest BCUT2D eigenvalue weighted by atomic mass is 79.9. The van der Waals surface area contributed by atoms with E-state index in [1.165, 1.54) is 0 Å². The van der Waals surface area contributed by atoms with Crippen LogP contribution in [0.15, 0.2) is 58.1 Å². The fourth-order valence-corrected chi connectivity index (χ4v) is 3.03. The van der Waals surface area contributed by atoms with Crippen molar-refractivity contribution in [2.75, 3.05) is 0 Å². The largest absolute Gasteiger partial charge is 0.375 e. The zero-order chi connectivity index (χ0) is 15.7. The van der Waals surface area contributed by atoms with Gasteiger partial charge in [-0.25, -0.2) is 5.01 Å². The third kappa shape index (κ3) is 3.16. The number of nitrogens with two attached hydrogens (primary N) is 1. The van der Waals surface area contributed by atoms with Crippen LogP contribution in [-0.2, 0) is 0 Å². The Morgan fingerprint density at radius 2 is 1.82 bits per heavy atom. The van der Waals surface area contributed by atoms with E-state index in [-0.39, 0.29) is 11.2 Å². The first-order valence-electron chi connectivity index (χ1n) is 6.72. The molecule has 3 nitrogen and oxygen atoms in total. The fraction of sp³-hybridized carbons (Fsp3) is 0.125. The maximum absolute atomic E-state index is 5.96. The average Bonchev–Trinajstić information content (AvgIpc) is 2.94. The van der Waals surface area contributed by atoms with Crippen LogP contribution >= 0.6 is 39.7 Å². The van der Waals surface area contributed by atoms with Crippen molar-refractivity contribution in [3.63, 3.8) is 0 Å². The van der Waals surface area contributed by atoms with Gasteiger partial charge in [0, 0.05) is 15.9 Å². The molecule has 0 aliphatic carbocycles. The summed E-state index contributed by atoms with van der Waals surface area (Å²) in [6, 6.07) is 15.8. The lowest BCUT2D eigenvalue weighted by molar-refractivity contribution is 0.373. The second-order valence-corrected chi connectivity index (χ2v) is 6.78. The Morgan fingerprint density at radius 1 is 1.18 bits per heavy atom. The first-order chi connectivity index (χ1) is 10.5. The minimum absolute atomic E-state index is 0.00779. The Kier molecular flexibility index (Phi) is 4.47. The second-order valence-electron chi connectivity index (χ2n) is 5.01. The molecule has 0 amide bonds. The number of hydrazone groups is 1. The first-order valence-corrected chi connectivity index (χ1v) is 8.30. The molecule has 0 saturated carbocycles. The van der Waals surface area contributed by atoms with Gasteiger partial charge < -0.3 is 5.73 Å². The van der Waals surface area contributed by atoms with Crippen molar-refractivity contribution in [3.8, 4) is 0 Å². The summed E-state index contributed by atoms with van der Waals surface area (Å²) in [6.07, 6.45) is 0.751. The molecule has 2 aromatic rings. The lowest BCUT2D eigenvalue weighted by Crippen LogP contribution is -2.31. The van der Waals surface area contributed by atoms with E-state index in [4.69, 9.17) is 29.6 Å². The summed E-state index contributed by atoms with van der Waals surface area (Å²) in [5.41, 5.74) is 8.97. The topological polar surface area (TPSA) is 41.6 Å². The number of hydrogen-bond acceptors (Lipinski definition) is 2. The van der Waals surface area contributed by atoms with Crippen molar-refractivity contribution in [1.82, 2.24) is 5.01 Å². The van der Waals surface area contributed by atoms with Gasteiger partial charge in [0.25, 0.3) is 0 Å². The molecule has 1 heterocycles. The van der Waals surface area contributed by atoms with Gasteiger partial charge >= 0.3 is 0 Å². The Labute approximate surface area is 147 Å². The van der Waals surface area contributed by atoms with E-state index in [0.717, 1.165) is 27.7 Å². The van der Waals surface area contributed by atoms with Crippen LogP contribution in [0.4, 0.5) is 0 Å². The summed E-state index contributed by atoms with van der Waals surface area (Å²) in [5, 5.41) is 7.28. The van der Waals surface area contributed by atoms with E-state index in [2.05, 4.69) is 21.0 Å². The van der Waals surface area contributed by atoms with E-state index in [0.29, 0.717) is 5.02 Å². The molecule has 2 N–H and O–H groups in total. The molecule has 1 unspecified atom stereocenters. The van der Waals surface area contributed by atoms with Gasteiger partial charge in [-0.1, -0.05) is 51.8 Å². The summed E-state index contributed by atoms with van der Waals surface area (Å²) in [5.74, 6) is 0. The predicted molar refractivity (Wildman–Crippen MR) is 98.1 cm³/mol. The van der Waals surface area contributed by atoms with Gasteiger partial charge in [-0.05, 0) is 47.6 Å². The summed E-state index contributed by atoms with van der Waals surface area (Å²) in [4.78, 5) is 0. The van der Waals surface area contributed by atoms with Crippen LogP contribution < -0.4 is 5.73 Å². The van der Waals surface area contributed by atoms with E-state index in [9.17, 15) is 0 Å². The molecule has 22 heavy (non-hydrogen) atoms. The molecule has 0 radical (unpaired) electrons. The summed E-state index contributed by atoms with van der Waals surface area (Å²) in [6.45, 7) is 0. The van der Waals surface area contributed by atoms with Crippen LogP contribution in [-0.4, -0.2) is 15.8 Å². The van der Waals surface area contributed by atoms with Crippen LogP contribution in [0.25, 0.3) is 0 Å². The van der Waals surface area contributed by atoms with Crippen molar-refractivity contribution >= 4 is 50.6 Å². The number of benzene rings is 2. The van der Waals surface area contributed by atoms with E-state index in [1.54, 1.807) is 5.01 Å². The smallest absolute Gasteiger partial charge is 0.187 e. The third-order valence-corrected chi connectivity index (χ3v) is 4.54. The highest BCUT2D eigenvalue weighted by molar-refractivity contribution is 9.10. The zero-order valence-corrected chi connectivity index (χ0v) is 14.7. The Morgan fingerprint density at radius 3 is 2.41 bits per heavy atom. The number of hydrogen-bond donors (Lipinski definition) is 1. The maximum Gasteiger partial charge on any atom is 0.187 e. The molecule has 0 bridgehead atoms. The molecule has 6 heteroatoms. The van der Waals surface area contributed by atoms with Gasteiger partial charge in [-0.3, -0.25) is 0 Å². The quantitative estimate of drug-likeness (QED) is 0.763.